The van der Waals surface area contributed by atoms with Crippen LogP contribution in [0.2, 0.25) is 0 Å². The van der Waals surface area contributed by atoms with Gasteiger partial charge in [0.25, 0.3) is 0 Å². The Morgan fingerprint density at radius 2 is 1.61 bits per heavy atom. The number of carbonyl (C=O) groups is 3. The largest absolute Gasteiger partial charge is 0.480 e. The number of amides is 2. The van der Waals surface area contributed by atoms with Crippen molar-refractivity contribution in [3.05, 3.63) is 60.2 Å². The van der Waals surface area contributed by atoms with Crippen molar-refractivity contribution in [1.29, 1.82) is 0 Å². The van der Waals surface area contributed by atoms with E-state index in [1.807, 2.05) is 61.5 Å². The highest BCUT2D eigenvalue weighted by molar-refractivity contribution is 6.08. The van der Waals surface area contributed by atoms with Gasteiger partial charge in [0.1, 0.15) is 6.04 Å². The normalized spacial score (nSPS) is 25.1. The lowest BCUT2D eigenvalue weighted by Gasteiger charge is -2.21. The van der Waals surface area contributed by atoms with Gasteiger partial charge in [-0.25, -0.2) is 0 Å². The number of likely N-dealkylation sites (tertiary alicyclic amines) is 1. The summed E-state index contributed by atoms with van der Waals surface area (Å²) in [5.74, 6) is -3.53. The Morgan fingerprint density at radius 1 is 0.968 bits per heavy atom. The number of hydrogen-bond acceptors (Lipinski definition) is 5. The van der Waals surface area contributed by atoms with Crippen LogP contribution in [0.25, 0.3) is 11.1 Å². The van der Waals surface area contributed by atoms with Crippen molar-refractivity contribution in [2.75, 3.05) is 19.8 Å². The molecule has 2 aliphatic heterocycles. The van der Waals surface area contributed by atoms with Crippen LogP contribution in [-0.2, 0) is 19.1 Å². The molecule has 2 fully saturated rings. The van der Waals surface area contributed by atoms with Gasteiger partial charge in [0.05, 0.1) is 25.0 Å². The van der Waals surface area contributed by atoms with Crippen LogP contribution < -0.4 is 5.32 Å². The fourth-order valence-electron chi connectivity index (χ4n) is 4.54. The van der Waals surface area contributed by atoms with Gasteiger partial charge in [-0.3, -0.25) is 24.6 Å². The molecule has 2 aromatic carbocycles. The summed E-state index contributed by atoms with van der Waals surface area (Å²) in [6.07, 6.45) is 0.846. The summed E-state index contributed by atoms with van der Waals surface area (Å²) in [6.45, 7) is 2.94. The summed E-state index contributed by atoms with van der Waals surface area (Å²) >= 11 is 0. The van der Waals surface area contributed by atoms with E-state index in [9.17, 15) is 19.5 Å². The van der Waals surface area contributed by atoms with E-state index in [2.05, 4.69) is 5.32 Å². The number of carbonyl (C=O) groups excluding carboxylic acids is 2. The zero-order valence-corrected chi connectivity index (χ0v) is 17.4. The number of ether oxygens (including phenoxy) is 1. The Morgan fingerprint density at radius 3 is 2.26 bits per heavy atom. The Hall–Kier alpha value is -3.03. The highest BCUT2D eigenvalue weighted by atomic mass is 16.5. The van der Waals surface area contributed by atoms with Gasteiger partial charge in [0.15, 0.2) is 0 Å². The predicted molar refractivity (Wildman–Crippen MR) is 114 cm³/mol. The number of nitrogens with zero attached hydrogens (tertiary/aromatic N) is 1. The minimum absolute atomic E-state index is 0.149. The molecule has 2 amide bonds. The number of aliphatic carboxylic acids is 1. The maximum atomic E-state index is 13.1. The van der Waals surface area contributed by atoms with Crippen LogP contribution in [0.15, 0.2) is 54.6 Å². The zero-order chi connectivity index (χ0) is 22.0. The number of carboxylic acid groups (broad SMARTS) is 1. The number of imide groups is 1. The molecule has 0 spiro atoms. The molecule has 7 nitrogen and oxygen atoms in total. The van der Waals surface area contributed by atoms with Crippen LogP contribution >= 0.6 is 0 Å². The molecule has 4 rings (SSSR count). The summed E-state index contributed by atoms with van der Waals surface area (Å²) < 4.78 is 5.43. The first kappa shape index (κ1) is 21.2. The highest BCUT2D eigenvalue weighted by Gasteiger charge is 2.60. The van der Waals surface area contributed by atoms with E-state index in [0.29, 0.717) is 6.61 Å². The van der Waals surface area contributed by atoms with Crippen LogP contribution in [0, 0.1) is 11.8 Å². The van der Waals surface area contributed by atoms with Gasteiger partial charge < -0.3 is 9.84 Å². The molecule has 0 radical (unpaired) electrons. The molecule has 4 unspecified atom stereocenters. The Labute approximate surface area is 181 Å². The fourth-order valence-corrected chi connectivity index (χ4v) is 4.54. The molecular weight excluding hydrogens is 396 g/mol. The molecule has 2 aromatic rings. The van der Waals surface area contributed by atoms with Crippen molar-refractivity contribution in [1.82, 2.24) is 10.2 Å². The number of rotatable bonds is 8. The van der Waals surface area contributed by atoms with Crippen LogP contribution in [0.1, 0.15) is 24.9 Å². The van der Waals surface area contributed by atoms with Crippen molar-refractivity contribution >= 4 is 17.8 Å². The maximum Gasteiger partial charge on any atom is 0.321 e. The molecule has 7 heteroatoms. The van der Waals surface area contributed by atoms with E-state index in [-0.39, 0.29) is 19.1 Å². The van der Waals surface area contributed by atoms with Crippen LogP contribution in [0.4, 0.5) is 0 Å². The standard InChI is InChI=1S/C24H26N2O5/c1-2-13-31-14-12-26-22(27)18-19(23(26)28)21(24(29)30)25-20(18)17-10-8-16(9-11-17)15-6-4-3-5-7-15/h3-11,18-21,25H,2,12-14H2,1H3,(H,29,30). The summed E-state index contributed by atoms with van der Waals surface area (Å²) in [4.78, 5) is 39.1. The molecule has 0 saturated carbocycles. The second-order valence-corrected chi connectivity index (χ2v) is 7.94. The quantitative estimate of drug-likeness (QED) is 0.501. The fraction of sp³-hybridized carbons (Fsp3) is 0.375. The van der Waals surface area contributed by atoms with E-state index in [4.69, 9.17) is 4.74 Å². The first-order chi connectivity index (χ1) is 15.0. The number of benzene rings is 2. The average Bonchev–Trinajstić information content (AvgIpc) is 3.30. The van der Waals surface area contributed by atoms with Gasteiger partial charge in [-0.05, 0) is 23.1 Å². The van der Waals surface area contributed by atoms with Gasteiger partial charge in [-0.2, -0.15) is 0 Å². The van der Waals surface area contributed by atoms with Crippen molar-refractivity contribution in [2.45, 2.75) is 25.4 Å². The molecule has 0 aliphatic carbocycles. The van der Waals surface area contributed by atoms with Gasteiger partial charge in [-0.15, -0.1) is 0 Å². The first-order valence-electron chi connectivity index (χ1n) is 10.6. The molecule has 4 atom stereocenters. The molecule has 0 bridgehead atoms. The minimum atomic E-state index is -1.12. The minimum Gasteiger partial charge on any atom is -0.480 e. The van der Waals surface area contributed by atoms with E-state index < -0.39 is 35.8 Å². The monoisotopic (exact) mass is 422 g/mol. The van der Waals surface area contributed by atoms with Gasteiger partial charge >= 0.3 is 5.97 Å². The molecule has 31 heavy (non-hydrogen) atoms. The Kier molecular flexibility index (Phi) is 6.15. The number of fused-ring (bicyclic) bond motifs is 1. The number of nitrogens with one attached hydrogen (secondary N) is 1. The Balaban J connectivity index is 1.58. The maximum absolute atomic E-state index is 13.1. The summed E-state index contributed by atoms with van der Waals surface area (Å²) in [5.41, 5.74) is 2.89. The van der Waals surface area contributed by atoms with E-state index in [0.717, 1.165) is 23.1 Å². The van der Waals surface area contributed by atoms with Crippen molar-refractivity contribution < 1.29 is 24.2 Å². The lowest BCUT2D eigenvalue weighted by atomic mass is 9.86. The molecule has 2 heterocycles. The van der Waals surface area contributed by atoms with Crippen molar-refractivity contribution in [3.8, 4) is 11.1 Å². The topological polar surface area (TPSA) is 95.9 Å². The first-order valence-corrected chi connectivity index (χ1v) is 10.6. The molecule has 162 valence electrons. The van der Waals surface area contributed by atoms with Gasteiger partial charge in [0, 0.05) is 12.6 Å². The molecular formula is C24H26N2O5. The number of hydrogen-bond donors (Lipinski definition) is 2. The second kappa shape index (κ2) is 8.99. The van der Waals surface area contributed by atoms with Crippen LogP contribution in [0.5, 0.6) is 0 Å². The van der Waals surface area contributed by atoms with E-state index in [1.165, 1.54) is 4.90 Å². The zero-order valence-electron chi connectivity index (χ0n) is 17.4. The molecule has 0 aromatic heterocycles. The third-order valence-corrected chi connectivity index (χ3v) is 6.02. The van der Waals surface area contributed by atoms with Crippen LogP contribution in [-0.4, -0.2) is 53.6 Å². The average molecular weight is 422 g/mol. The third kappa shape index (κ3) is 3.98. The summed E-state index contributed by atoms with van der Waals surface area (Å²) in [7, 11) is 0. The van der Waals surface area contributed by atoms with E-state index in [1.54, 1.807) is 0 Å². The van der Waals surface area contributed by atoms with Crippen LogP contribution in [0.3, 0.4) is 0 Å². The lowest BCUT2D eigenvalue weighted by molar-refractivity contribution is -0.146. The van der Waals surface area contributed by atoms with E-state index >= 15 is 0 Å². The lowest BCUT2D eigenvalue weighted by Crippen LogP contribution is -2.43. The smallest absolute Gasteiger partial charge is 0.321 e. The summed E-state index contributed by atoms with van der Waals surface area (Å²) in [5, 5.41) is 12.7. The summed E-state index contributed by atoms with van der Waals surface area (Å²) in [6, 6.07) is 16.0. The SMILES string of the molecule is CCCOCCN1C(=O)C2C(C(=O)O)NC(c3ccc(-c4ccccc4)cc3)C2C1=O. The van der Waals surface area contributed by atoms with Gasteiger partial charge in [-0.1, -0.05) is 61.5 Å². The molecule has 2 saturated heterocycles. The third-order valence-electron chi connectivity index (χ3n) is 6.02. The van der Waals surface area contributed by atoms with Crippen molar-refractivity contribution in [3.63, 3.8) is 0 Å². The predicted octanol–water partition coefficient (Wildman–Crippen LogP) is 2.48. The van der Waals surface area contributed by atoms with Gasteiger partial charge in [0.2, 0.25) is 11.8 Å². The molecule has 2 aliphatic rings. The number of carboxylic acids is 1. The molecule has 2 N–H and O–H groups in total. The Bertz CT molecular complexity index is 960. The highest BCUT2D eigenvalue weighted by Crippen LogP contribution is 2.44. The second-order valence-electron chi connectivity index (χ2n) is 7.94. The van der Waals surface area contributed by atoms with Crippen molar-refractivity contribution in [2.24, 2.45) is 11.8 Å².